The van der Waals surface area contributed by atoms with Crippen LogP contribution in [0.1, 0.15) is 40.8 Å². The Kier molecular flexibility index (Phi) is 3.76. The number of H-pyrrole nitrogens is 1. The first-order valence-corrected chi connectivity index (χ1v) is 7.73. The normalized spacial score (nSPS) is 18.2. The third-order valence-electron chi connectivity index (χ3n) is 4.55. The number of aromatic amines is 1. The summed E-state index contributed by atoms with van der Waals surface area (Å²) in [7, 11) is 2.03. The molecule has 1 N–H and O–H groups in total. The smallest absolute Gasteiger partial charge is 0.227 e. The van der Waals surface area contributed by atoms with E-state index >= 15 is 0 Å². The molecule has 6 nitrogen and oxygen atoms in total. The summed E-state index contributed by atoms with van der Waals surface area (Å²) in [6, 6.07) is 0. The van der Waals surface area contributed by atoms with E-state index in [1.807, 2.05) is 38.9 Å². The van der Waals surface area contributed by atoms with Crippen LogP contribution in [0.2, 0.25) is 0 Å². The highest BCUT2D eigenvalue weighted by Crippen LogP contribution is 2.27. The largest absolute Gasteiger partial charge is 0.342 e. The molecule has 1 amide bonds. The molecule has 1 unspecified atom stereocenters. The molecule has 1 saturated heterocycles. The lowest BCUT2D eigenvalue weighted by Crippen LogP contribution is -2.30. The number of hydrogen-bond donors (Lipinski definition) is 1. The molecule has 1 atom stereocenters. The van der Waals surface area contributed by atoms with Gasteiger partial charge in [0.1, 0.15) is 5.82 Å². The minimum atomic E-state index is 0.182. The fourth-order valence-corrected chi connectivity index (χ4v) is 3.31. The second-order valence-electron chi connectivity index (χ2n) is 6.27. The monoisotopic (exact) mass is 301 g/mol. The van der Waals surface area contributed by atoms with Crippen molar-refractivity contribution in [3.63, 3.8) is 0 Å². The third-order valence-corrected chi connectivity index (χ3v) is 4.55. The zero-order valence-corrected chi connectivity index (χ0v) is 13.7. The van der Waals surface area contributed by atoms with Crippen LogP contribution in [0.3, 0.4) is 0 Å². The van der Waals surface area contributed by atoms with Crippen molar-refractivity contribution in [2.24, 2.45) is 7.05 Å². The number of carbonyl (C=O) groups excluding carboxylic acids is 1. The maximum atomic E-state index is 12.5. The number of amides is 1. The van der Waals surface area contributed by atoms with E-state index in [0.29, 0.717) is 12.3 Å². The quantitative estimate of drug-likeness (QED) is 0.937. The van der Waals surface area contributed by atoms with Crippen LogP contribution in [-0.4, -0.2) is 43.6 Å². The molecule has 1 fully saturated rings. The molecular weight excluding hydrogens is 278 g/mol. The second-order valence-corrected chi connectivity index (χ2v) is 6.27. The highest BCUT2D eigenvalue weighted by atomic mass is 16.2. The van der Waals surface area contributed by atoms with Gasteiger partial charge in [-0.15, -0.1) is 0 Å². The minimum Gasteiger partial charge on any atom is -0.342 e. The van der Waals surface area contributed by atoms with Gasteiger partial charge in [0.15, 0.2) is 0 Å². The third kappa shape index (κ3) is 2.65. The predicted molar refractivity (Wildman–Crippen MR) is 83.6 cm³/mol. The molecule has 0 aliphatic carbocycles. The molecule has 3 rings (SSSR count). The first-order chi connectivity index (χ1) is 10.5. The van der Waals surface area contributed by atoms with Crippen molar-refractivity contribution in [2.45, 2.75) is 39.5 Å². The Hall–Kier alpha value is -2.11. The Labute approximate surface area is 130 Å². The van der Waals surface area contributed by atoms with Crippen molar-refractivity contribution < 1.29 is 4.79 Å². The molecule has 0 saturated carbocycles. The van der Waals surface area contributed by atoms with Gasteiger partial charge >= 0.3 is 0 Å². The summed E-state index contributed by atoms with van der Waals surface area (Å²) >= 11 is 0. The van der Waals surface area contributed by atoms with Crippen molar-refractivity contribution in [3.05, 3.63) is 34.7 Å². The van der Waals surface area contributed by atoms with Crippen molar-refractivity contribution in [2.75, 3.05) is 13.1 Å². The zero-order valence-electron chi connectivity index (χ0n) is 13.7. The summed E-state index contributed by atoms with van der Waals surface area (Å²) in [6.45, 7) is 7.48. The summed E-state index contributed by atoms with van der Waals surface area (Å²) in [5, 5.41) is 7.11. The van der Waals surface area contributed by atoms with Crippen LogP contribution < -0.4 is 0 Å². The highest BCUT2D eigenvalue weighted by molar-refractivity contribution is 5.79. The van der Waals surface area contributed by atoms with Gasteiger partial charge in [0.05, 0.1) is 17.8 Å². The van der Waals surface area contributed by atoms with Crippen LogP contribution in [0.4, 0.5) is 0 Å². The molecule has 22 heavy (non-hydrogen) atoms. The first kappa shape index (κ1) is 14.8. The molecule has 0 spiro atoms. The van der Waals surface area contributed by atoms with Crippen LogP contribution in [0, 0.1) is 20.8 Å². The van der Waals surface area contributed by atoms with E-state index in [-0.39, 0.29) is 5.91 Å². The summed E-state index contributed by atoms with van der Waals surface area (Å²) in [5.74, 6) is 1.61. The molecule has 118 valence electrons. The maximum Gasteiger partial charge on any atom is 0.227 e. The molecule has 1 aliphatic heterocycles. The van der Waals surface area contributed by atoms with E-state index in [1.54, 1.807) is 0 Å². The highest BCUT2D eigenvalue weighted by Gasteiger charge is 2.30. The lowest BCUT2D eigenvalue weighted by atomic mass is 10.1. The number of nitrogens with zero attached hydrogens (tertiary/aromatic N) is 4. The summed E-state index contributed by atoms with van der Waals surface area (Å²) in [5.41, 5.74) is 3.97. The fourth-order valence-electron chi connectivity index (χ4n) is 3.31. The lowest BCUT2D eigenvalue weighted by Gasteiger charge is -2.16. The van der Waals surface area contributed by atoms with Crippen LogP contribution in [0.5, 0.6) is 0 Å². The summed E-state index contributed by atoms with van der Waals surface area (Å²) in [4.78, 5) is 19.1. The maximum absolute atomic E-state index is 12.5. The van der Waals surface area contributed by atoms with Crippen LogP contribution in [0.25, 0.3) is 0 Å². The Balaban J connectivity index is 1.67. The molecular formula is C16H23N5O. The molecule has 2 aromatic rings. The number of likely N-dealkylation sites (tertiary alicyclic amines) is 1. The Morgan fingerprint density at radius 2 is 2.18 bits per heavy atom. The molecule has 6 heteroatoms. The number of hydrogen-bond acceptors (Lipinski definition) is 3. The average molecular weight is 301 g/mol. The number of imidazole rings is 1. The van der Waals surface area contributed by atoms with E-state index in [0.717, 1.165) is 48.0 Å². The van der Waals surface area contributed by atoms with E-state index in [9.17, 15) is 4.79 Å². The minimum absolute atomic E-state index is 0.182. The lowest BCUT2D eigenvalue weighted by molar-refractivity contribution is -0.129. The Morgan fingerprint density at radius 3 is 2.77 bits per heavy atom. The predicted octanol–water partition coefficient (Wildman–Crippen LogP) is 1.63. The van der Waals surface area contributed by atoms with Gasteiger partial charge in [-0.1, -0.05) is 0 Å². The van der Waals surface area contributed by atoms with Gasteiger partial charge in [-0.05, 0) is 27.2 Å². The van der Waals surface area contributed by atoms with Gasteiger partial charge in [-0.3, -0.25) is 9.89 Å². The van der Waals surface area contributed by atoms with Crippen LogP contribution in [0.15, 0.2) is 6.20 Å². The summed E-state index contributed by atoms with van der Waals surface area (Å²) in [6.07, 6.45) is 3.46. The molecule has 2 aromatic heterocycles. The van der Waals surface area contributed by atoms with Crippen molar-refractivity contribution in [1.29, 1.82) is 0 Å². The molecule has 0 aromatic carbocycles. The second kappa shape index (κ2) is 5.59. The molecule has 0 bridgehead atoms. The van der Waals surface area contributed by atoms with Gasteiger partial charge in [-0.25, -0.2) is 4.98 Å². The molecule has 1 aliphatic rings. The van der Waals surface area contributed by atoms with Crippen LogP contribution >= 0.6 is 0 Å². The SMILES string of the molecule is Cc1cn(C)c(C2CCN(C(=O)Cc3c(C)n[nH]c3C)C2)n1. The van der Waals surface area contributed by atoms with Gasteiger partial charge in [0.2, 0.25) is 5.91 Å². The molecule has 3 heterocycles. The summed E-state index contributed by atoms with van der Waals surface area (Å²) < 4.78 is 2.08. The van der Waals surface area contributed by atoms with Gasteiger partial charge in [0.25, 0.3) is 0 Å². The van der Waals surface area contributed by atoms with E-state index in [4.69, 9.17) is 0 Å². The van der Waals surface area contributed by atoms with Gasteiger partial charge in [-0.2, -0.15) is 5.10 Å². The van der Waals surface area contributed by atoms with E-state index in [1.165, 1.54) is 0 Å². The Bertz CT molecular complexity index is 680. The number of aromatic nitrogens is 4. The fraction of sp³-hybridized carbons (Fsp3) is 0.562. The number of carbonyl (C=O) groups is 1. The van der Waals surface area contributed by atoms with Crippen molar-refractivity contribution in [3.8, 4) is 0 Å². The number of aryl methyl sites for hydroxylation is 4. The zero-order chi connectivity index (χ0) is 15.9. The average Bonchev–Trinajstić information content (AvgIpc) is 3.14. The first-order valence-electron chi connectivity index (χ1n) is 7.73. The number of nitrogens with one attached hydrogen (secondary N) is 1. The van der Waals surface area contributed by atoms with E-state index < -0.39 is 0 Å². The number of rotatable bonds is 3. The standard InChI is InChI=1S/C16H23N5O/c1-10-8-20(4)16(17-10)13-5-6-21(9-13)15(22)7-14-11(2)18-19-12(14)3/h8,13H,5-7,9H2,1-4H3,(H,18,19). The van der Waals surface area contributed by atoms with Gasteiger partial charge in [0, 0.05) is 43.5 Å². The van der Waals surface area contributed by atoms with Gasteiger partial charge < -0.3 is 9.47 Å². The Morgan fingerprint density at radius 1 is 1.41 bits per heavy atom. The van der Waals surface area contributed by atoms with E-state index in [2.05, 4.69) is 19.7 Å². The van der Waals surface area contributed by atoms with Crippen LogP contribution in [-0.2, 0) is 18.3 Å². The topological polar surface area (TPSA) is 66.8 Å². The molecule has 0 radical (unpaired) electrons. The van der Waals surface area contributed by atoms with Crippen molar-refractivity contribution >= 4 is 5.91 Å². The van der Waals surface area contributed by atoms with Crippen molar-refractivity contribution in [1.82, 2.24) is 24.6 Å².